The molecule has 0 unspecified atom stereocenters. The van der Waals surface area contributed by atoms with Gasteiger partial charge < -0.3 is 24.0 Å². The van der Waals surface area contributed by atoms with Gasteiger partial charge in [-0.25, -0.2) is 10.2 Å². The smallest absolute Gasteiger partial charge is 0.343 e. The van der Waals surface area contributed by atoms with E-state index in [4.69, 9.17) is 14.5 Å². The first-order valence-electron chi connectivity index (χ1n) is 11.7. The molecule has 0 bridgehead atoms. The zero-order valence-electron chi connectivity index (χ0n) is 19.7. The zero-order chi connectivity index (χ0) is 23.8. The second-order valence-electron chi connectivity index (χ2n) is 8.02. The molecule has 1 N–H and O–H groups in total. The summed E-state index contributed by atoms with van der Waals surface area (Å²) in [6.07, 6.45) is 6.24. The molecule has 0 radical (unpaired) electrons. The predicted octanol–water partition coefficient (Wildman–Crippen LogP) is 2.47. The molecule has 2 aliphatic heterocycles. The minimum absolute atomic E-state index is 0.191. The number of ether oxygens (including phenoxy) is 3. The first-order chi connectivity index (χ1) is 16.7. The van der Waals surface area contributed by atoms with Gasteiger partial charge in [0.1, 0.15) is 0 Å². The Hall–Kier alpha value is -3.63. The van der Waals surface area contributed by atoms with Crippen LogP contribution in [0.4, 0.5) is 17.8 Å². The van der Waals surface area contributed by atoms with Crippen LogP contribution in [0.2, 0.25) is 0 Å². The van der Waals surface area contributed by atoms with Crippen molar-refractivity contribution in [3.8, 4) is 11.5 Å². The highest BCUT2D eigenvalue weighted by Crippen LogP contribution is 2.28. The van der Waals surface area contributed by atoms with Crippen LogP contribution in [0.1, 0.15) is 38.2 Å². The third-order valence-corrected chi connectivity index (χ3v) is 5.61. The summed E-state index contributed by atoms with van der Waals surface area (Å²) in [5.41, 5.74) is 3.74. The summed E-state index contributed by atoms with van der Waals surface area (Å²) in [6.45, 7) is 5.96. The normalized spacial score (nSPS) is 15.7. The summed E-state index contributed by atoms with van der Waals surface area (Å²) >= 11 is 0. The number of hydrogen-bond acceptors (Lipinski definition) is 11. The quantitative estimate of drug-likeness (QED) is 0.316. The molecular formula is C23H31N7O4. The topological polar surface area (TPSA) is 114 Å². The van der Waals surface area contributed by atoms with Gasteiger partial charge in [0.05, 0.1) is 19.9 Å². The number of carbonyl (C=O) groups is 1. The second kappa shape index (κ2) is 11.5. The van der Waals surface area contributed by atoms with Crippen LogP contribution in [0.25, 0.3) is 0 Å². The van der Waals surface area contributed by atoms with Gasteiger partial charge in [-0.3, -0.25) is 0 Å². The van der Waals surface area contributed by atoms with Crippen molar-refractivity contribution in [2.75, 3.05) is 61.7 Å². The lowest BCUT2D eigenvalue weighted by Gasteiger charge is -2.20. The van der Waals surface area contributed by atoms with Crippen LogP contribution in [0.5, 0.6) is 11.5 Å². The summed E-state index contributed by atoms with van der Waals surface area (Å²) < 4.78 is 15.8. The molecule has 2 saturated heterocycles. The molecule has 34 heavy (non-hydrogen) atoms. The Morgan fingerprint density at radius 3 is 2.24 bits per heavy atom. The van der Waals surface area contributed by atoms with Crippen LogP contribution >= 0.6 is 0 Å². The number of aromatic nitrogens is 3. The molecule has 11 heteroatoms. The van der Waals surface area contributed by atoms with Crippen molar-refractivity contribution in [3.05, 3.63) is 23.8 Å². The van der Waals surface area contributed by atoms with Crippen molar-refractivity contribution < 1.29 is 19.0 Å². The molecule has 3 heterocycles. The minimum Gasteiger partial charge on any atom is -0.490 e. The van der Waals surface area contributed by atoms with Crippen molar-refractivity contribution >= 4 is 30.0 Å². The van der Waals surface area contributed by atoms with E-state index in [1.165, 1.54) is 7.11 Å². The van der Waals surface area contributed by atoms with Gasteiger partial charge in [0, 0.05) is 26.2 Å². The van der Waals surface area contributed by atoms with E-state index in [1.54, 1.807) is 18.3 Å². The number of nitrogens with one attached hydrogen (secondary N) is 1. The number of hydrogen-bond donors (Lipinski definition) is 1. The first kappa shape index (κ1) is 23.5. The Bertz CT molecular complexity index is 971. The third-order valence-electron chi connectivity index (χ3n) is 5.61. The average Bonchev–Trinajstić information content (AvgIpc) is 3.58. The van der Waals surface area contributed by atoms with Gasteiger partial charge in [-0.1, -0.05) is 0 Å². The van der Waals surface area contributed by atoms with Crippen LogP contribution < -0.4 is 24.7 Å². The highest BCUT2D eigenvalue weighted by atomic mass is 16.6. The highest BCUT2D eigenvalue weighted by Gasteiger charge is 2.21. The Labute approximate surface area is 199 Å². The number of benzene rings is 1. The van der Waals surface area contributed by atoms with Crippen molar-refractivity contribution in [2.45, 2.75) is 32.6 Å². The van der Waals surface area contributed by atoms with Gasteiger partial charge in [0.15, 0.2) is 18.1 Å². The van der Waals surface area contributed by atoms with Crippen LogP contribution in [-0.2, 0) is 9.53 Å². The molecule has 0 amide bonds. The number of rotatable bonds is 10. The second-order valence-corrected chi connectivity index (χ2v) is 8.02. The molecule has 1 aromatic heterocycles. The standard InChI is InChI=1S/C23H31N7O4/c1-3-33-19-14-17(8-9-18(19)34-16-20(31)32-2)15-24-28-21-25-22(29-10-4-5-11-29)27-23(26-21)30-12-6-7-13-30/h8-9,14-15H,3-7,10-13,16H2,1-2H3,(H,25,26,27,28). The van der Waals surface area contributed by atoms with E-state index in [0.717, 1.165) is 57.4 Å². The number of esters is 1. The lowest BCUT2D eigenvalue weighted by Crippen LogP contribution is -2.25. The number of methoxy groups -OCH3 is 1. The van der Waals surface area contributed by atoms with Crippen molar-refractivity contribution in [1.82, 2.24) is 15.0 Å². The fourth-order valence-electron chi connectivity index (χ4n) is 3.87. The Morgan fingerprint density at radius 2 is 1.65 bits per heavy atom. The molecule has 11 nitrogen and oxygen atoms in total. The van der Waals surface area contributed by atoms with Crippen LogP contribution in [-0.4, -0.2) is 73.6 Å². The maximum Gasteiger partial charge on any atom is 0.343 e. The SMILES string of the molecule is CCOc1cc(C=NNc2nc(N3CCCC3)nc(N3CCCC3)n2)ccc1OCC(=O)OC. The van der Waals surface area contributed by atoms with Crippen molar-refractivity contribution in [1.29, 1.82) is 0 Å². The Balaban J connectivity index is 1.48. The molecule has 2 aliphatic rings. The van der Waals surface area contributed by atoms with E-state index in [9.17, 15) is 4.79 Å². The van der Waals surface area contributed by atoms with E-state index < -0.39 is 5.97 Å². The lowest BCUT2D eigenvalue weighted by atomic mass is 10.2. The molecule has 182 valence electrons. The molecule has 0 spiro atoms. The van der Waals surface area contributed by atoms with Gasteiger partial charge in [0.25, 0.3) is 0 Å². The predicted molar refractivity (Wildman–Crippen MR) is 129 cm³/mol. The van der Waals surface area contributed by atoms with Gasteiger partial charge >= 0.3 is 5.97 Å². The number of carbonyl (C=O) groups excluding carboxylic acids is 1. The average molecular weight is 470 g/mol. The summed E-state index contributed by atoms with van der Waals surface area (Å²) in [5.74, 6) is 2.31. The summed E-state index contributed by atoms with van der Waals surface area (Å²) in [6, 6.07) is 5.34. The summed E-state index contributed by atoms with van der Waals surface area (Å²) in [5, 5.41) is 4.33. The van der Waals surface area contributed by atoms with Gasteiger partial charge in [-0.15, -0.1) is 0 Å². The minimum atomic E-state index is -0.462. The Morgan fingerprint density at radius 1 is 1.00 bits per heavy atom. The van der Waals surface area contributed by atoms with Gasteiger partial charge in [0.2, 0.25) is 17.8 Å². The molecule has 0 aliphatic carbocycles. The summed E-state index contributed by atoms with van der Waals surface area (Å²) in [4.78, 5) is 29.7. The third kappa shape index (κ3) is 6.03. The number of anilines is 3. The Kier molecular flexibility index (Phi) is 7.95. The van der Waals surface area contributed by atoms with E-state index >= 15 is 0 Å². The van der Waals surface area contributed by atoms with Crippen LogP contribution in [0.3, 0.4) is 0 Å². The number of nitrogens with zero attached hydrogens (tertiary/aromatic N) is 6. The molecule has 0 saturated carbocycles. The van der Waals surface area contributed by atoms with Crippen LogP contribution in [0.15, 0.2) is 23.3 Å². The van der Waals surface area contributed by atoms with Crippen LogP contribution in [0, 0.1) is 0 Å². The fraction of sp³-hybridized carbons (Fsp3) is 0.522. The monoisotopic (exact) mass is 469 g/mol. The van der Waals surface area contributed by atoms with E-state index in [-0.39, 0.29) is 6.61 Å². The molecule has 2 fully saturated rings. The molecule has 1 aromatic carbocycles. The molecule has 2 aromatic rings. The lowest BCUT2D eigenvalue weighted by molar-refractivity contribution is -0.142. The molecule has 4 rings (SSSR count). The molecular weight excluding hydrogens is 438 g/mol. The zero-order valence-corrected chi connectivity index (χ0v) is 19.7. The molecule has 0 atom stereocenters. The highest BCUT2D eigenvalue weighted by molar-refractivity contribution is 5.81. The van der Waals surface area contributed by atoms with Gasteiger partial charge in [-0.05, 0) is 56.4 Å². The van der Waals surface area contributed by atoms with E-state index in [1.807, 2.05) is 13.0 Å². The fourth-order valence-corrected chi connectivity index (χ4v) is 3.87. The first-order valence-corrected chi connectivity index (χ1v) is 11.7. The summed E-state index contributed by atoms with van der Waals surface area (Å²) in [7, 11) is 1.32. The maximum absolute atomic E-state index is 11.4. The van der Waals surface area contributed by atoms with Gasteiger partial charge in [-0.2, -0.15) is 20.1 Å². The maximum atomic E-state index is 11.4. The van der Waals surface area contributed by atoms with E-state index in [0.29, 0.717) is 36.0 Å². The van der Waals surface area contributed by atoms with Crippen molar-refractivity contribution in [2.24, 2.45) is 5.10 Å². The largest absolute Gasteiger partial charge is 0.490 e. The van der Waals surface area contributed by atoms with E-state index in [2.05, 4.69) is 35.0 Å². The van der Waals surface area contributed by atoms with Crippen molar-refractivity contribution in [3.63, 3.8) is 0 Å². The number of hydrazone groups is 1.